The van der Waals surface area contributed by atoms with Crippen LogP contribution in [0.4, 0.5) is 45.5 Å². The summed E-state index contributed by atoms with van der Waals surface area (Å²) in [4.78, 5) is 7.99. The smallest absolute Gasteiger partial charge is 0.252 e. The van der Waals surface area contributed by atoms with Crippen LogP contribution in [0.25, 0.3) is 0 Å². The number of anilines is 8. The lowest BCUT2D eigenvalue weighted by molar-refractivity contribution is 0.215. The molecule has 3 nitrogen and oxygen atoms in total. The maximum absolute atomic E-state index is 2.81. The first-order valence-corrected chi connectivity index (χ1v) is 24.2. The van der Waals surface area contributed by atoms with E-state index in [1.165, 1.54) is 103 Å². The van der Waals surface area contributed by atoms with Crippen molar-refractivity contribution in [2.75, 3.05) is 14.7 Å². The van der Waals surface area contributed by atoms with Gasteiger partial charge < -0.3 is 14.7 Å². The molecule has 0 spiro atoms. The van der Waals surface area contributed by atoms with Gasteiger partial charge in [0.05, 0.1) is 5.54 Å². The Morgan fingerprint density at radius 3 is 1.57 bits per heavy atom. The van der Waals surface area contributed by atoms with Crippen molar-refractivity contribution in [2.24, 2.45) is 0 Å². The van der Waals surface area contributed by atoms with Crippen LogP contribution in [0.5, 0.6) is 0 Å². The first-order valence-electron chi connectivity index (χ1n) is 24.2. The number of nitrogens with zero attached hydrogens (tertiary/aromatic N) is 3. The molecule has 11 rings (SSSR count). The quantitative estimate of drug-likeness (QED) is 0.163. The van der Waals surface area contributed by atoms with Gasteiger partial charge in [-0.1, -0.05) is 178 Å². The van der Waals surface area contributed by atoms with Crippen molar-refractivity contribution in [2.45, 2.75) is 122 Å². The van der Waals surface area contributed by atoms with Gasteiger partial charge in [-0.15, -0.1) is 0 Å². The third-order valence-corrected chi connectivity index (χ3v) is 15.8. The minimum absolute atomic E-state index is 0.0118. The molecule has 0 radical (unpaired) electrons. The number of benzene rings is 7. The number of hydrogen-bond acceptors (Lipinski definition) is 3. The van der Waals surface area contributed by atoms with Crippen LogP contribution >= 0.6 is 0 Å². The molecule has 1 fully saturated rings. The SMILES string of the molecule is CC(C)(C)c1ccc(N2c3ccc(C(C)(C)C)cc3B3c4ccccc4N(c4ccccc4)c4cc(N5c6ccc(C(C)(C)C)cc6C6(c7ccccc7)CCCCC56C)cc2c43)cc1. The van der Waals surface area contributed by atoms with E-state index in [0.717, 1.165) is 12.8 Å². The first-order chi connectivity index (χ1) is 31.0. The summed E-state index contributed by atoms with van der Waals surface area (Å²) in [6.07, 6.45) is 4.61. The van der Waals surface area contributed by atoms with Gasteiger partial charge in [0.1, 0.15) is 0 Å². The van der Waals surface area contributed by atoms with Crippen molar-refractivity contribution in [3.05, 3.63) is 186 Å². The van der Waals surface area contributed by atoms with E-state index >= 15 is 0 Å². The van der Waals surface area contributed by atoms with Crippen molar-refractivity contribution in [3.8, 4) is 0 Å². The van der Waals surface area contributed by atoms with Crippen LogP contribution < -0.4 is 31.1 Å². The number of rotatable bonds is 4. The van der Waals surface area contributed by atoms with Gasteiger partial charge in [0.2, 0.25) is 0 Å². The van der Waals surface area contributed by atoms with Crippen LogP contribution in [0.15, 0.2) is 158 Å². The maximum Gasteiger partial charge on any atom is 0.252 e. The Labute approximate surface area is 389 Å². The van der Waals surface area contributed by atoms with E-state index in [4.69, 9.17) is 0 Å². The lowest BCUT2D eigenvalue weighted by Crippen LogP contribution is -2.61. The van der Waals surface area contributed by atoms with Gasteiger partial charge in [-0.2, -0.15) is 0 Å². The van der Waals surface area contributed by atoms with Crippen LogP contribution in [0.3, 0.4) is 0 Å². The monoisotopic (exact) mass is 850 g/mol. The number of fused-ring (bicyclic) bond motifs is 7. The fourth-order valence-corrected chi connectivity index (χ4v) is 12.4. The molecule has 0 N–H and O–H groups in total. The molecule has 2 atom stereocenters. The molecule has 7 aromatic rings. The first kappa shape index (κ1) is 41.7. The predicted molar refractivity (Wildman–Crippen MR) is 279 cm³/mol. The normalized spacial score (nSPS) is 19.9. The second kappa shape index (κ2) is 14.5. The van der Waals surface area contributed by atoms with Crippen molar-refractivity contribution in [3.63, 3.8) is 0 Å². The molecule has 0 saturated heterocycles. The molecule has 0 bridgehead atoms. The summed E-state index contributed by atoms with van der Waals surface area (Å²) in [6.45, 7) is 23.7. The summed E-state index contributed by atoms with van der Waals surface area (Å²) < 4.78 is 0. The van der Waals surface area contributed by atoms with Crippen LogP contribution in [0.1, 0.15) is 123 Å². The van der Waals surface area contributed by atoms with Gasteiger partial charge in [-0.05, 0) is 135 Å². The van der Waals surface area contributed by atoms with E-state index in [-0.39, 0.29) is 33.9 Å². The summed E-state index contributed by atoms with van der Waals surface area (Å²) >= 11 is 0. The van der Waals surface area contributed by atoms with Crippen molar-refractivity contribution in [1.82, 2.24) is 0 Å². The highest BCUT2D eigenvalue weighted by Gasteiger charge is 2.61. The van der Waals surface area contributed by atoms with E-state index in [1.54, 1.807) is 0 Å². The van der Waals surface area contributed by atoms with E-state index in [0.29, 0.717) is 0 Å². The lowest BCUT2D eigenvalue weighted by Gasteiger charge is -2.53. The molecule has 3 aliphatic heterocycles. The summed E-state index contributed by atoms with van der Waals surface area (Å²) in [5.41, 5.74) is 20.6. The molecule has 65 heavy (non-hydrogen) atoms. The fourth-order valence-electron chi connectivity index (χ4n) is 12.4. The van der Waals surface area contributed by atoms with E-state index in [1.807, 2.05) is 0 Å². The van der Waals surface area contributed by atoms with Crippen LogP contribution in [-0.4, -0.2) is 12.3 Å². The Bertz CT molecular complexity index is 2970. The zero-order valence-electron chi connectivity index (χ0n) is 40.3. The highest BCUT2D eigenvalue weighted by molar-refractivity contribution is 7.00. The fraction of sp³-hybridized carbons (Fsp3) is 0.311. The molecule has 4 aliphatic rings. The Kier molecular flexibility index (Phi) is 9.30. The molecule has 2 unspecified atom stereocenters. The molecule has 4 heteroatoms. The van der Waals surface area contributed by atoms with Gasteiger partial charge in [-0.3, -0.25) is 0 Å². The summed E-state index contributed by atoms with van der Waals surface area (Å²) in [5.74, 6) is 0. The molecule has 326 valence electrons. The van der Waals surface area contributed by atoms with Crippen LogP contribution in [0.2, 0.25) is 0 Å². The van der Waals surface area contributed by atoms with Gasteiger partial charge >= 0.3 is 0 Å². The lowest BCUT2D eigenvalue weighted by atomic mass is 9.33. The van der Waals surface area contributed by atoms with E-state index < -0.39 is 0 Å². The molecule has 0 amide bonds. The minimum Gasteiger partial charge on any atom is -0.334 e. The minimum atomic E-state index is -0.233. The Morgan fingerprint density at radius 2 is 0.938 bits per heavy atom. The van der Waals surface area contributed by atoms with Crippen molar-refractivity contribution < 1.29 is 0 Å². The molecule has 7 aromatic carbocycles. The maximum atomic E-state index is 2.81. The Hall–Kier alpha value is -6.00. The molecular weight excluding hydrogens is 786 g/mol. The second-order valence-corrected chi connectivity index (χ2v) is 22.8. The van der Waals surface area contributed by atoms with Gasteiger partial charge in [0.15, 0.2) is 0 Å². The molecule has 3 heterocycles. The number of hydrogen-bond donors (Lipinski definition) is 0. The van der Waals surface area contributed by atoms with Crippen molar-refractivity contribution >= 4 is 68.6 Å². The van der Waals surface area contributed by atoms with Crippen LogP contribution in [-0.2, 0) is 21.7 Å². The Morgan fingerprint density at radius 1 is 0.431 bits per heavy atom. The van der Waals surface area contributed by atoms with Crippen LogP contribution in [0, 0.1) is 0 Å². The molecular formula is C61H64BN3. The molecule has 1 saturated carbocycles. The van der Waals surface area contributed by atoms with Crippen molar-refractivity contribution in [1.29, 1.82) is 0 Å². The second-order valence-electron chi connectivity index (χ2n) is 22.8. The third kappa shape index (κ3) is 6.22. The van der Waals surface area contributed by atoms with E-state index in [2.05, 4.69) is 242 Å². The highest BCUT2D eigenvalue weighted by atomic mass is 15.3. The zero-order valence-corrected chi connectivity index (χ0v) is 40.3. The average molecular weight is 850 g/mol. The average Bonchev–Trinajstić information content (AvgIpc) is 3.53. The summed E-state index contributed by atoms with van der Waals surface area (Å²) in [6, 6.07) is 61.3. The topological polar surface area (TPSA) is 9.72 Å². The van der Waals surface area contributed by atoms with Gasteiger partial charge in [-0.25, -0.2) is 0 Å². The van der Waals surface area contributed by atoms with Gasteiger partial charge in [0.25, 0.3) is 6.71 Å². The highest BCUT2D eigenvalue weighted by Crippen LogP contribution is 2.64. The standard InChI is InChI=1S/C61H64BN3/c1-57(2,3)41-27-31-46(32-28-41)64-53-34-30-44(59(7,8)9)38-50(53)62-49-25-17-18-26-52(49)63(45-23-15-12-16-24-45)54-39-47(40-55(64)56(54)62)65-51-33-29-43(58(4,5)6)37-48(51)61(42-21-13-11-14-22-42)36-20-19-35-60(61,65)10/h11-18,21-34,37-40H,19-20,35-36H2,1-10H3. The predicted octanol–water partition coefficient (Wildman–Crippen LogP) is 14.4. The Balaban J connectivity index is 1.26. The summed E-state index contributed by atoms with van der Waals surface area (Å²) in [5, 5.41) is 0. The van der Waals surface area contributed by atoms with Gasteiger partial charge in [0, 0.05) is 50.9 Å². The zero-order chi connectivity index (χ0) is 45.3. The molecule has 0 aromatic heterocycles. The largest absolute Gasteiger partial charge is 0.334 e. The van der Waals surface area contributed by atoms with E-state index in [9.17, 15) is 0 Å². The third-order valence-electron chi connectivity index (χ3n) is 15.8. The molecule has 1 aliphatic carbocycles. The summed E-state index contributed by atoms with van der Waals surface area (Å²) in [7, 11) is 0. The number of para-hydroxylation sites is 2.